The quantitative estimate of drug-likeness (QED) is 0.930. The number of rotatable bonds is 4. The van der Waals surface area contributed by atoms with E-state index in [0.717, 1.165) is 18.5 Å². The van der Waals surface area contributed by atoms with Gasteiger partial charge in [0.05, 0.1) is 21.4 Å². The summed E-state index contributed by atoms with van der Waals surface area (Å²) in [6, 6.07) is 6.89. The maximum Gasteiger partial charge on any atom is 0.273 e. The van der Waals surface area contributed by atoms with Crippen molar-refractivity contribution in [1.29, 1.82) is 0 Å². The summed E-state index contributed by atoms with van der Waals surface area (Å²) < 4.78 is 1.57. The molecule has 0 spiro atoms. The van der Waals surface area contributed by atoms with Gasteiger partial charge in [0.2, 0.25) is 0 Å². The first-order valence-corrected chi connectivity index (χ1v) is 7.06. The van der Waals surface area contributed by atoms with E-state index in [1.165, 1.54) is 0 Å². The molecule has 1 heterocycles. The zero-order valence-corrected chi connectivity index (χ0v) is 12.8. The van der Waals surface area contributed by atoms with E-state index < -0.39 is 0 Å². The Kier molecular flexibility index (Phi) is 4.68. The Morgan fingerprint density at radius 3 is 2.85 bits per heavy atom. The van der Waals surface area contributed by atoms with E-state index in [0.29, 0.717) is 21.4 Å². The molecular weight excluding hydrogens is 297 g/mol. The molecule has 0 bridgehead atoms. The fourth-order valence-corrected chi connectivity index (χ4v) is 2.25. The monoisotopic (exact) mass is 311 g/mol. The van der Waals surface area contributed by atoms with Gasteiger partial charge in [0.15, 0.2) is 0 Å². The summed E-state index contributed by atoms with van der Waals surface area (Å²) in [5.74, 6) is -0.258. The van der Waals surface area contributed by atoms with Gasteiger partial charge >= 0.3 is 0 Å². The number of nitrogens with zero attached hydrogens (tertiary/aromatic N) is 2. The van der Waals surface area contributed by atoms with Crippen LogP contribution in [0.15, 0.2) is 24.3 Å². The highest BCUT2D eigenvalue weighted by Crippen LogP contribution is 2.29. The van der Waals surface area contributed by atoms with Gasteiger partial charge in [0, 0.05) is 7.05 Å². The van der Waals surface area contributed by atoms with Crippen LogP contribution in [-0.2, 0) is 13.5 Å². The molecule has 0 saturated heterocycles. The summed E-state index contributed by atoms with van der Waals surface area (Å²) in [6.45, 7) is 2.07. The molecule has 2 rings (SSSR count). The van der Waals surface area contributed by atoms with Gasteiger partial charge in [-0.3, -0.25) is 9.48 Å². The van der Waals surface area contributed by atoms with Gasteiger partial charge in [-0.15, -0.1) is 0 Å². The summed E-state index contributed by atoms with van der Waals surface area (Å²) in [6.07, 6.45) is 1.83. The molecular formula is C14H15Cl2N3O. The average molecular weight is 312 g/mol. The third-order valence-electron chi connectivity index (χ3n) is 2.87. The lowest BCUT2D eigenvalue weighted by atomic mass is 10.2. The van der Waals surface area contributed by atoms with Crippen molar-refractivity contribution < 1.29 is 4.79 Å². The second-order valence-corrected chi connectivity index (χ2v) is 5.24. The highest BCUT2D eigenvalue weighted by atomic mass is 35.5. The average Bonchev–Trinajstić information content (AvgIpc) is 2.76. The largest absolute Gasteiger partial charge is 0.319 e. The molecule has 6 heteroatoms. The summed E-state index contributed by atoms with van der Waals surface area (Å²) in [5.41, 5.74) is 1.88. The number of hydrogen-bond donors (Lipinski definition) is 1. The Labute approximate surface area is 127 Å². The topological polar surface area (TPSA) is 46.9 Å². The van der Waals surface area contributed by atoms with Crippen molar-refractivity contribution in [2.24, 2.45) is 7.05 Å². The van der Waals surface area contributed by atoms with Gasteiger partial charge in [0.25, 0.3) is 5.91 Å². The number of aryl methyl sites for hydroxylation is 2. The summed E-state index contributed by atoms with van der Waals surface area (Å²) in [4.78, 5) is 12.2. The Morgan fingerprint density at radius 2 is 2.15 bits per heavy atom. The van der Waals surface area contributed by atoms with Crippen LogP contribution in [0.3, 0.4) is 0 Å². The highest BCUT2D eigenvalue weighted by Gasteiger charge is 2.15. The predicted octanol–water partition coefficient (Wildman–Crippen LogP) is 3.93. The van der Waals surface area contributed by atoms with Crippen LogP contribution in [0.1, 0.15) is 29.5 Å². The fraction of sp³-hybridized carbons (Fsp3) is 0.286. The lowest BCUT2D eigenvalue weighted by Gasteiger charge is -2.07. The SMILES string of the molecule is CCCc1cc(C(=O)Nc2cccc(Cl)c2Cl)n(C)n1. The molecule has 1 aromatic heterocycles. The number of anilines is 1. The summed E-state index contributed by atoms with van der Waals surface area (Å²) >= 11 is 12.0. The Bertz CT molecular complexity index is 637. The molecule has 0 aliphatic heterocycles. The van der Waals surface area contributed by atoms with Crippen LogP contribution >= 0.6 is 23.2 Å². The van der Waals surface area contributed by atoms with Crippen LogP contribution in [0.4, 0.5) is 5.69 Å². The van der Waals surface area contributed by atoms with Crippen molar-refractivity contribution in [2.75, 3.05) is 5.32 Å². The number of carbonyl (C=O) groups excluding carboxylic acids is 1. The van der Waals surface area contributed by atoms with Crippen molar-refractivity contribution >= 4 is 34.8 Å². The van der Waals surface area contributed by atoms with Gasteiger partial charge in [-0.25, -0.2) is 0 Å². The molecule has 0 fully saturated rings. The number of aromatic nitrogens is 2. The van der Waals surface area contributed by atoms with Gasteiger partial charge in [-0.2, -0.15) is 5.10 Å². The molecule has 0 unspecified atom stereocenters. The minimum atomic E-state index is -0.258. The molecule has 4 nitrogen and oxygen atoms in total. The molecule has 106 valence electrons. The zero-order valence-electron chi connectivity index (χ0n) is 11.3. The normalized spacial score (nSPS) is 10.6. The lowest BCUT2D eigenvalue weighted by Crippen LogP contribution is -2.16. The van der Waals surface area contributed by atoms with Crippen LogP contribution in [0, 0.1) is 0 Å². The maximum absolute atomic E-state index is 12.2. The van der Waals surface area contributed by atoms with Crippen molar-refractivity contribution in [1.82, 2.24) is 9.78 Å². The number of carbonyl (C=O) groups is 1. The standard InChI is InChI=1S/C14H15Cl2N3O/c1-3-5-9-8-12(19(2)18-9)14(20)17-11-7-4-6-10(15)13(11)16/h4,6-8H,3,5H2,1-2H3,(H,17,20). The third-order valence-corrected chi connectivity index (χ3v) is 3.69. The van der Waals surface area contributed by atoms with Crippen LogP contribution < -0.4 is 5.32 Å². The Hall–Kier alpha value is -1.52. The fourth-order valence-electron chi connectivity index (χ4n) is 1.90. The first kappa shape index (κ1) is 14.9. The molecule has 0 saturated carbocycles. The predicted molar refractivity (Wildman–Crippen MR) is 81.6 cm³/mol. The van der Waals surface area contributed by atoms with E-state index in [4.69, 9.17) is 23.2 Å². The van der Waals surface area contributed by atoms with E-state index in [9.17, 15) is 4.79 Å². The van der Waals surface area contributed by atoms with E-state index >= 15 is 0 Å². The number of nitrogens with one attached hydrogen (secondary N) is 1. The molecule has 0 atom stereocenters. The number of benzene rings is 1. The van der Waals surface area contributed by atoms with Crippen LogP contribution in [0.5, 0.6) is 0 Å². The van der Waals surface area contributed by atoms with Crippen LogP contribution in [-0.4, -0.2) is 15.7 Å². The summed E-state index contributed by atoms with van der Waals surface area (Å²) in [5, 5.41) is 7.78. The van der Waals surface area contributed by atoms with Crippen LogP contribution in [0.2, 0.25) is 10.0 Å². The van der Waals surface area contributed by atoms with E-state index in [2.05, 4.69) is 17.3 Å². The molecule has 0 aliphatic carbocycles. The van der Waals surface area contributed by atoms with E-state index in [1.807, 2.05) is 0 Å². The van der Waals surface area contributed by atoms with Gasteiger partial charge in [-0.1, -0.05) is 42.6 Å². The van der Waals surface area contributed by atoms with Gasteiger partial charge in [0.1, 0.15) is 5.69 Å². The first-order chi connectivity index (χ1) is 9.52. The van der Waals surface area contributed by atoms with Crippen molar-refractivity contribution in [3.63, 3.8) is 0 Å². The molecule has 0 radical (unpaired) electrons. The van der Waals surface area contributed by atoms with Crippen LogP contribution in [0.25, 0.3) is 0 Å². The maximum atomic E-state index is 12.2. The lowest BCUT2D eigenvalue weighted by molar-refractivity contribution is 0.101. The molecule has 20 heavy (non-hydrogen) atoms. The van der Waals surface area contributed by atoms with Crippen molar-refractivity contribution in [3.8, 4) is 0 Å². The second kappa shape index (κ2) is 6.29. The van der Waals surface area contributed by atoms with E-state index in [1.54, 1.807) is 36.0 Å². The Morgan fingerprint density at radius 1 is 1.40 bits per heavy atom. The van der Waals surface area contributed by atoms with E-state index in [-0.39, 0.29) is 5.91 Å². The molecule has 2 aromatic rings. The molecule has 1 aromatic carbocycles. The molecule has 1 amide bonds. The number of halogens is 2. The van der Waals surface area contributed by atoms with Crippen molar-refractivity contribution in [3.05, 3.63) is 45.7 Å². The molecule has 1 N–H and O–H groups in total. The minimum absolute atomic E-state index is 0.258. The smallest absolute Gasteiger partial charge is 0.273 e. The Balaban J connectivity index is 2.22. The number of amides is 1. The van der Waals surface area contributed by atoms with Gasteiger partial charge < -0.3 is 5.32 Å². The first-order valence-electron chi connectivity index (χ1n) is 6.31. The molecule has 0 aliphatic rings. The third kappa shape index (κ3) is 3.14. The summed E-state index contributed by atoms with van der Waals surface area (Å²) in [7, 11) is 1.74. The zero-order chi connectivity index (χ0) is 14.7. The highest BCUT2D eigenvalue weighted by molar-refractivity contribution is 6.44. The van der Waals surface area contributed by atoms with Crippen molar-refractivity contribution in [2.45, 2.75) is 19.8 Å². The number of hydrogen-bond acceptors (Lipinski definition) is 2. The second-order valence-electron chi connectivity index (χ2n) is 4.45. The van der Waals surface area contributed by atoms with Gasteiger partial charge in [-0.05, 0) is 24.6 Å². The minimum Gasteiger partial charge on any atom is -0.319 e.